The molecule has 3 aromatic rings. The maximum Gasteiger partial charge on any atom is 0.278 e. The fraction of sp³-hybridized carbons (Fsp3) is 0.238. The molecular weight excluding hydrogens is 342 g/mol. The molecule has 2 heterocycles. The number of amides is 1. The standard InChI is InChI=1S/C21H21N3OS/c1-13-9-10-15(11-14(13)2)23(3)21(25)19-17-12-26-18-8-6-5-7-16(18)20(17)24(4)22-19/h5-11H,12H2,1-4H3. The first kappa shape index (κ1) is 16.9. The number of fused-ring (bicyclic) bond motifs is 3. The molecule has 1 aliphatic heterocycles. The summed E-state index contributed by atoms with van der Waals surface area (Å²) in [6, 6.07) is 14.4. The lowest BCUT2D eigenvalue weighted by Gasteiger charge is -2.20. The van der Waals surface area contributed by atoms with Crippen LogP contribution >= 0.6 is 11.8 Å². The van der Waals surface area contributed by atoms with Crippen molar-refractivity contribution in [2.45, 2.75) is 24.5 Å². The van der Waals surface area contributed by atoms with Crippen LogP contribution < -0.4 is 4.90 Å². The van der Waals surface area contributed by atoms with Gasteiger partial charge in [0.2, 0.25) is 0 Å². The van der Waals surface area contributed by atoms with E-state index in [2.05, 4.69) is 37.1 Å². The van der Waals surface area contributed by atoms with Crippen molar-refractivity contribution in [1.29, 1.82) is 0 Å². The first-order valence-corrected chi connectivity index (χ1v) is 9.59. The van der Waals surface area contributed by atoms with Crippen LogP contribution in [0.3, 0.4) is 0 Å². The zero-order valence-electron chi connectivity index (χ0n) is 15.4. The quantitative estimate of drug-likeness (QED) is 0.668. The fourth-order valence-electron chi connectivity index (χ4n) is 3.36. The predicted octanol–water partition coefficient (Wildman–Crippen LogP) is 4.59. The Morgan fingerprint density at radius 1 is 1.15 bits per heavy atom. The van der Waals surface area contributed by atoms with E-state index in [0.29, 0.717) is 5.69 Å². The van der Waals surface area contributed by atoms with Gasteiger partial charge in [-0.2, -0.15) is 5.10 Å². The Bertz CT molecular complexity index is 1020. The number of nitrogens with zero attached hydrogens (tertiary/aromatic N) is 3. The molecule has 0 fully saturated rings. The second-order valence-electron chi connectivity index (χ2n) is 6.72. The molecule has 0 bridgehead atoms. The van der Waals surface area contributed by atoms with E-state index in [1.54, 1.807) is 16.7 Å². The zero-order valence-corrected chi connectivity index (χ0v) is 16.2. The largest absolute Gasteiger partial charge is 0.310 e. The van der Waals surface area contributed by atoms with Crippen molar-refractivity contribution < 1.29 is 4.79 Å². The number of benzene rings is 2. The number of carbonyl (C=O) groups is 1. The molecule has 5 heteroatoms. The Morgan fingerprint density at radius 2 is 1.92 bits per heavy atom. The molecule has 1 aromatic heterocycles. The molecule has 0 aliphatic carbocycles. The first-order chi connectivity index (χ1) is 12.5. The molecule has 4 nitrogen and oxygen atoms in total. The molecule has 4 rings (SSSR count). The molecule has 0 atom stereocenters. The maximum atomic E-state index is 13.2. The highest BCUT2D eigenvalue weighted by Gasteiger charge is 2.29. The second-order valence-corrected chi connectivity index (χ2v) is 7.73. The first-order valence-electron chi connectivity index (χ1n) is 8.60. The van der Waals surface area contributed by atoms with Crippen molar-refractivity contribution >= 4 is 23.4 Å². The number of rotatable bonds is 2. The van der Waals surface area contributed by atoms with Gasteiger partial charge in [-0.1, -0.05) is 24.3 Å². The van der Waals surface area contributed by atoms with E-state index in [4.69, 9.17) is 0 Å². The van der Waals surface area contributed by atoms with Crippen LogP contribution in [0.5, 0.6) is 0 Å². The summed E-state index contributed by atoms with van der Waals surface area (Å²) in [6.45, 7) is 4.14. The summed E-state index contributed by atoms with van der Waals surface area (Å²) in [5, 5.41) is 4.59. The summed E-state index contributed by atoms with van der Waals surface area (Å²) in [5.41, 5.74) is 7.06. The van der Waals surface area contributed by atoms with E-state index in [0.717, 1.165) is 28.3 Å². The summed E-state index contributed by atoms with van der Waals surface area (Å²) in [6.07, 6.45) is 0. The molecule has 1 amide bonds. The van der Waals surface area contributed by atoms with E-state index < -0.39 is 0 Å². The van der Waals surface area contributed by atoms with Crippen LogP contribution in [0, 0.1) is 13.8 Å². The maximum absolute atomic E-state index is 13.2. The van der Waals surface area contributed by atoms with Gasteiger partial charge in [0, 0.05) is 41.6 Å². The smallest absolute Gasteiger partial charge is 0.278 e. The van der Waals surface area contributed by atoms with Crippen LogP contribution in [0.15, 0.2) is 47.4 Å². The van der Waals surface area contributed by atoms with Gasteiger partial charge in [0.05, 0.1) is 5.69 Å². The number of anilines is 1. The van der Waals surface area contributed by atoms with Crippen LogP contribution in [-0.2, 0) is 12.8 Å². The van der Waals surface area contributed by atoms with Gasteiger partial charge in [-0.25, -0.2) is 0 Å². The average Bonchev–Trinajstić information content (AvgIpc) is 3.00. The van der Waals surface area contributed by atoms with Gasteiger partial charge in [-0.3, -0.25) is 9.48 Å². The summed E-state index contributed by atoms with van der Waals surface area (Å²) >= 11 is 1.76. The van der Waals surface area contributed by atoms with Crippen LogP contribution in [-0.4, -0.2) is 22.7 Å². The van der Waals surface area contributed by atoms with Crippen LogP contribution in [0.1, 0.15) is 27.2 Å². The third-order valence-corrected chi connectivity index (χ3v) is 6.14. The van der Waals surface area contributed by atoms with Gasteiger partial charge in [0.15, 0.2) is 5.69 Å². The molecule has 0 radical (unpaired) electrons. The zero-order chi connectivity index (χ0) is 18.4. The van der Waals surface area contributed by atoms with Gasteiger partial charge in [-0.05, 0) is 43.2 Å². The van der Waals surface area contributed by atoms with Crippen LogP contribution in [0.25, 0.3) is 11.3 Å². The van der Waals surface area contributed by atoms with Crippen LogP contribution in [0.2, 0.25) is 0 Å². The van der Waals surface area contributed by atoms with Crippen molar-refractivity contribution in [3.63, 3.8) is 0 Å². The molecule has 132 valence electrons. The van der Waals surface area contributed by atoms with Crippen molar-refractivity contribution in [1.82, 2.24) is 9.78 Å². The Morgan fingerprint density at radius 3 is 2.69 bits per heavy atom. The Balaban J connectivity index is 1.76. The Kier molecular flexibility index (Phi) is 4.11. The van der Waals surface area contributed by atoms with Gasteiger partial charge in [0.1, 0.15) is 0 Å². The summed E-state index contributed by atoms with van der Waals surface area (Å²) < 4.78 is 1.84. The number of carbonyl (C=O) groups excluding carboxylic acids is 1. The minimum atomic E-state index is -0.0647. The molecule has 1 aliphatic rings. The highest BCUT2D eigenvalue weighted by atomic mass is 32.2. The number of aromatic nitrogens is 2. The molecule has 2 aromatic carbocycles. The van der Waals surface area contributed by atoms with Crippen molar-refractivity contribution in [3.8, 4) is 11.3 Å². The van der Waals surface area contributed by atoms with E-state index >= 15 is 0 Å². The van der Waals surface area contributed by atoms with Gasteiger partial charge >= 0.3 is 0 Å². The van der Waals surface area contributed by atoms with Gasteiger partial charge in [-0.15, -0.1) is 11.8 Å². The van der Waals surface area contributed by atoms with E-state index in [-0.39, 0.29) is 5.91 Å². The number of hydrogen-bond acceptors (Lipinski definition) is 3. The lowest BCUT2D eigenvalue weighted by atomic mass is 10.0. The van der Waals surface area contributed by atoms with E-state index in [1.165, 1.54) is 16.0 Å². The van der Waals surface area contributed by atoms with Crippen molar-refractivity contribution in [2.75, 3.05) is 11.9 Å². The molecule has 0 saturated heterocycles. The molecular formula is C21H21N3OS. The molecule has 0 saturated carbocycles. The van der Waals surface area contributed by atoms with Crippen molar-refractivity contribution in [2.24, 2.45) is 7.05 Å². The predicted molar refractivity (Wildman–Crippen MR) is 107 cm³/mol. The molecule has 0 spiro atoms. The van der Waals surface area contributed by atoms with Crippen LogP contribution in [0.4, 0.5) is 5.69 Å². The highest BCUT2D eigenvalue weighted by Crippen LogP contribution is 2.42. The molecule has 0 unspecified atom stereocenters. The monoisotopic (exact) mass is 363 g/mol. The minimum absolute atomic E-state index is 0.0647. The normalized spacial score (nSPS) is 12.5. The Labute approximate surface area is 157 Å². The van der Waals surface area contributed by atoms with Gasteiger partial charge < -0.3 is 4.90 Å². The molecule has 26 heavy (non-hydrogen) atoms. The summed E-state index contributed by atoms with van der Waals surface area (Å²) in [7, 11) is 3.73. The summed E-state index contributed by atoms with van der Waals surface area (Å²) in [5.74, 6) is 0.701. The van der Waals surface area contributed by atoms with E-state index in [9.17, 15) is 4.79 Å². The third-order valence-electron chi connectivity index (χ3n) is 5.04. The SMILES string of the molecule is Cc1ccc(N(C)C(=O)c2nn(C)c3c2CSc2ccccc2-3)cc1C. The lowest BCUT2D eigenvalue weighted by Crippen LogP contribution is -2.27. The molecule has 0 N–H and O–H groups in total. The summed E-state index contributed by atoms with van der Waals surface area (Å²) in [4.78, 5) is 16.1. The second kappa shape index (κ2) is 6.32. The lowest BCUT2D eigenvalue weighted by molar-refractivity contribution is 0.0987. The topological polar surface area (TPSA) is 38.1 Å². The van der Waals surface area contributed by atoms with E-state index in [1.807, 2.05) is 43.0 Å². The highest BCUT2D eigenvalue weighted by molar-refractivity contribution is 7.98. The number of hydrogen-bond donors (Lipinski definition) is 0. The third kappa shape index (κ3) is 2.63. The van der Waals surface area contributed by atoms with Crippen molar-refractivity contribution in [3.05, 3.63) is 64.8 Å². The average molecular weight is 363 g/mol. The number of aryl methyl sites for hydroxylation is 3. The van der Waals surface area contributed by atoms with Gasteiger partial charge in [0.25, 0.3) is 5.91 Å². The minimum Gasteiger partial charge on any atom is -0.310 e. The Hall–Kier alpha value is -2.53. The fourth-order valence-corrected chi connectivity index (χ4v) is 4.43. The number of thioether (sulfide) groups is 1.